The number of fused-ring (bicyclic) bond motifs is 6. The van der Waals surface area contributed by atoms with Gasteiger partial charge < -0.3 is 44.5 Å². The molecule has 0 aromatic heterocycles. The van der Waals surface area contributed by atoms with Gasteiger partial charge in [-0.25, -0.2) is 0 Å². The van der Waals surface area contributed by atoms with Gasteiger partial charge in [-0.2, -0.15) is 0 Å². The van der Waals surface area contributed by atoms with Gasteiger partial charge in [-0.15, -0.1) is 6.58 Å². The minimum atomic E-state index is -1.55. The van der Waals surface area contributed by atoms with Crippen molar-refractivity contribution in [1.29, 1.82) is 0 Å². The molecule has 3 fully saturated rings. The van der Waals surface area contributed by atoms with E-state index in [0.29, 0.717) is 24.5 Å². The summed E-state index contributed by atoms with van der Waals surface area (Å²) in [5.41, 5.74) is 2.95. The third-order valence-corrected chi connectivity index (χ3v) is 8.79. The number of carbonyl (C=O) groups excluding carboxylic acids is 2. The molecule has 1 aromatic carbocycles. The summed E-state index contributed by atoms with van der Waals surface area (Å²) in [5.74, 6) is -1.16. The van der Waals surface area contributed by atoms with E-state index in [1.807, 2.05) is 17.0 Å². The van der Waals surface area contributed by atoms with Crippen molar-refractivity contribution in [2.45, 2.75) is 74.8 Å². The molecule has 5 aliphatic heterocycles. The lowest BCUT2D eigenvalue weighted by molar-refractivity contribution is -0.340. The van der Waals surface area contributed by atoms with Crippen LogP contribution in [0.15, 0.2) is 48.8 Å². The zero-order chi connectivity index (χ0) is 27.4. The first-order chi connectivity index (χ1) is 18.8. The highest BCUT2D eigenvalue weighted by Gasteiger charge is 2.54. The first kappa shape index (κ1) is 26.3. The predicted molar refractivity (Wildman–Crippen MR) is 136 cm³/mol. The van der Waals surface area contributed by atoms with Gasteiger partial charge in [-0.1, -0.05) is 24.3 Å². The number of aliphatic hydroxyl groups is 3. The van der Waals surface area contributed by atoms with Gasteiger partial charge >= 0.3 is 5.97 Å². The Bertz CT molecular complexity index is 1170. The lowest BCUT2D eigenvalue weighted by Crippen LogP contribution is -2.62. The van der Waals surface area contributed by atoms with Crippen LogP contribution >= 0.6 is 0 Å². The number of hydrogen-bond acceptors (Lipinski definition) is 10. The Kier molecular flexibility index (Phi) is 6.88. The summed E-state index contributed by atoms with van der Waals surface area (Å²) in [7, 11) is 0. The van der Waals surface area contributed by atoms with E-state index >= 15 is 0 Å². The largest absolute Gasteiger partial charge is 0.471 e. The van der Waals surface area contributed by atoms with E-state index in [1.165, 1.54) is 11.8 Å². The number of aliphatic hydroxyl groups excluding tert-OH is 3. The number of esters is 1. The molecule has 3 saturated heterocycles. The van der Waals surface area contributed by atoms with Crippen LogP contribution in [0.3, 0.4) is 0 Å². The Hall–Kier alpha value is -2.96. The van der Waals surface area contributed by atoms with Gasteiger partial charge in [-0.05, 0) is 24.5 Å². The van der Waals surface area contributed by atoms with Crippen molar-refractivity contribution in [3.05, 3.63) is 54.3 Å². The molecule has 11 nitrogen and oxygen atoms in total. The SMILES string of the molecule is C=CC1C(OC2OC(CO)C(O)C(OC(C)=O)C2O)OC=C2C(=O)N3CCC4c5ccccc5NC4C3CC21. The van der Waals surface area contributed by atoms with Crippen molar-refractivity contribution in [3.63, 3.8) is 0 Å². The molecule has 0 spiro atoms. The van der Waals surface area contributed by atoms with Crippen molar-refractivity contribution in [1.82, 2.24) is 4.90 Å². The highest BCUT2D eigenvalue weighted by molar-refractivity contribution is 5.95. The number of para-hydroxylation sites is 1. The summed E-state index contributed by atoms with van der Waals surface area (Å²) in [6.07, 6.45) is -3.22. The Morgan fingerprint density at radius 3 is 2.77 bits per heavy atom. The number of anilines is 1. The Morgan fingerprint density at radius 2 is 2.03 bits per heavy atom. The molecule has 11 heteroatoms. The van der Waals surface area contributed by atoms with Crippen LogP contribution in [0.4, 0.5) is 5.69 Å². The molecule has 5 aliphatic rings. The molecule has 1 amide bonds. The summed E-state index contributed by atoms with van der Waals surface area (Å²) in [4.78, 5) is 27.2. The number of nitrogens with one attached hydrogen (secondary N) is 1. The number of ether oxygens (including phenoxy) is 4. The summed E-state index contributed by atoms with van der Waals surface area (Å²) in [5, 5.41) is 34.6. The van der Waals surface area contributed by atoms with Crippen molar-refractivity contribution in [2.75, 3.05) is 18.5 Å². The van der Waals surface area contributed by atoms with Crippen molar-refractivity contribution >= 4 is 17.6 Å². The number of hydrogen-bond donors (Lipinski definition) is 4. The zero-order valence-corrected chi connectivity index (χ0v) is 21.6. The molecular formula is C28H34N2O9. The number of amides is 1. The number of rotatable bonds is 5. The van der Waals surface area contributed by atoms with Gasteiger partial charge in [0.05, 0.1) is 30.5 Å². The average molecular weight is 543 g/mol. The molecule has 0 aliphatic carbocycles. The van der Waals surface area contributed by atoms with Crippen LogP contribution in [0, 0.1) is 11.8 Å². The quantitative estimate of drug-likeness (QED) is 0.308. The lowest BCUT2D eigenvalue weighted by atomic mass is 9.71. The Balaban J connectivity index is 1.23. The maximum atomic E-state index is 13.6. The van der Waals surface area contributed by atoms with E-state index in [-0.39, 0.29) is 23.9 Å². The van der Waals surface area contributed by atoms with E-state index < -0.39 is 55.5 Å². The van der Waals surface area contributed by atoms with E-state index in [2.05, 4.69) is 24.0 Å². The van der Waals surface area contributed by atoms with Crippen molar-refractivity contribution in [3.8, 4) is 0 Å². The first-order valence-electron chi connectivity index (χ1n) is 13.4. The second-order valence-corrected chi connectivity index (χ2v) is 10.9. The Morgan fingerprint density at radius 1 is 1.23 bits per heavy atom. The number of piperidine rings is 2. The van der Waals surface area contributed by atoms with Gasteiger partial charge in [0.2, 0.25) is 6.29 Å². The molecule has 0 bridgehead atoms. The van der Waals surface area contributed by atoms with Crippen LogP contribution in [-0.4, -0.2) is 94.3 Å². The molecule has 0 saturated carbocycles. The minimum Gasteiger partial charge on any atom is -0.471 e. The third kappa shape index (κ3) is 4.33. The first-order valence-corrected chi connectivity index (χ1v) is 13.4. The van der Waals surface area contributed by atoms with Crippen LogP contribution in [0.5, 0.6) is 0 Å². The molecular weight excluding hydrogens is 508 g/mol. The molecule has 11 atom stereocenters. The highest BCUT2D eigenvalue weighted by atomic mass is 16.8. The number of nitrogens with zero attached hydrogens (tertiary/aromatic N) is 1. The molecule has 0 radical (unpaired) electrons. The summed E-state index contributed by atoms with van der Waals surface area (Å²) in [6.45, 7) is 5.21. The van der Waals surface area contributed by atoms with Crippen LogP contribution in [0.25, 0.3) is 0 Å². The fourth-order valence-corrected chi connectivity index (χ4v) is 6.95. The maximum Gasteiger partial charge on any atom is 0.303 e. The monoisotopic (exact) mass is 542 g/mol. The maximum absolute atomic E-state index is 13.6. The van der Waals surface area contributed by atoms with E-state index in [9.17, 15) is 24.9 Å². The second kappa shape index (κ2) is 10.2. The zero-order valence-electron chi connectivity index (χ0n) is 21.6. The van der Waals surface area contributed by atoms with Crippen LogP contribution in [0.1, 0.15) is 31.2 Å². The van der Waals surface area contributed by atoms with E-state index in [1.54, 1.807) is 6.08 Å². The number of benzene rings is 1. The molecule has 6 rings (SSSR count). The molecule has 1 aromatic rings. The normalized spacial score (nSPS) is 40.6. The highest BCUT2D eigenvalue weighted by Crippen LogP contribution is 2.49. The van der Waals surface area contributed by atoms with Gasteiger partial charge in [0, 0.05) is 36.9 Å². The molecule has 210 valence electrons. The third-order valence-electron chi connectivity index (χ3n) is 8.79. The van der Waals surface area contributed by atoms with Gasteiger partial charge in [0.1, 0.15) is 18.3 Å². The molecule has 4 N–H and O–H groups in total. The smallest absolute Gasteiger partial charge is 0.303 e. The standard InChI is InChI=1S/C28H34N2O9/c1-3-14-17-10-20-22-16(15-6-4-5-7-19(15)29-22)8-9-30(20)26(35)18(17)12-36-27(14)39-28-24(34)25(37-13(2)32)23(33)21(11-31)38-28/h3-7,12,14,16-17,20-25,27-29,31,33-34H,1,8-11H2,2H3. The van der Waals surface area contributed by atoms with E-state index in [0.717, 1.165) is 19.0 Å². The van der Waals surface area contributed by atoms with E-state index in [4.69, 9.17) is 18.9 Å². The Labute approximate surface area is 226 Å². The van der Waals surface area contributed by atoms with Crippen molar-refractivity contribution in [2.24, 2.45) is 11.8 Å². The average Bonchev–Trinajstić information content (AvgIpc) is 3.31. The van der Waals surface area contributed by atoms with Crippen LogP contribution in [0.2, 0.25) is 0 Å². The molecule has 11 unspecified atom stereocenters. The van der Waals surface area contributed by atoms with Gasteiger partial charge in [0.15, 0.2) is 12.4 Å². The van der Waals surface area contributed by atoms with Crippen LogP contribution < -0.4 is 5.32 Å². The van der Waals surface area contributed by atoms with Crippen molar-refractivity contribution < 1.29 is 43.9 Å². The second-order valence-electron chi connectivity index (χ2n) is 10.9. The van der Waals surface area contributed by atoms with Gasteiger partial charge in [0.25, 0.3) is 5.91 Å². The van der Waals surface area contributed by atoms with Gasteiger partial charge in [-0.3, -0.25) is 9.59 Å². The predicted octanol–water partition coefficient (Wildman–Crippen LogP) is 0.615. The summed E-state index contributed by atoms with van der Waals surface area (Å²) in [6, 6.07) is 8.34. The molecule has 5 heterocycles. The van der Waals surface area contributed by atoms with Crippen LogP contribution in [-0.2, 0) is 28.5 Å². The topological polar surface area (TPSA) is 147 Å². The lowest BCUT2D eigenvalue weighted by Gasteiger charge is -2.51. The number of carbonyl (C=O) groups is 2. The summed E-state index contributed by atoms with van der Waals surface area (Å²) < 4.78 is 22.6. The minimum absolute atomic E-state index is 0.0363. The summed E-state index contributed by atoms with van der Waals surface area (Å²) >= 11 is 0. The molecule has 39 heavy (non-hydrogen) atoms. The fourth-order valence-electron chi connectivity index (χ4n) is 6.95. The fraction of sp³-hybridized carbons (Fsp3) is 0.571.